The molecule has 174 valence electrons. The van der Waals surface area contributed by atoms with Crippen molar-refractivity contribution in [3.8, 4) is 17.0 Å². The van der Waals surface area contributed by atoms with Crippen LogP contribution in [-0.4, -0.2) is 56.5 Å². The Labute approximate surface area is 193 Å². The monoisotopic (exact) mass is 465 g/mol. The lowest BCUT2D eigenvalue weighted by molar-refractivity contribution is -0.120. The smallest absolute Gasteiger partial charge is 0.387 e. The molecule has 34 heavy (non-hydrogen) atoms. The molecule has 0 aliphatic carbocycles. The highest BCUT2D eigenvalue weighted by molar-refractivity contribution is 5.81. The van der Waals surface area contributed by atoms with Gasteiger partial charge in [-0.05, 0) is 13.0 Å². The second kappa shape index (κ2) is 9.00. The first-order valence-corrected chi connectivity index (χ1v) is 10.7. The fourth-order valence-electron chi connectivity index (χ4n) is 3.95. The summed E-state index contributed by atoms with van der Waals surface area (Å²) in [6.45, 7) is 0.381. The lowest BCUT2D eigenvalue weighted by atomic mass is 10.1. The molecule has 3 aromatic heterocycles. The van der Waals surface area contributed by atoms with Crippen LogP contribution in [0.4, 0.5) is 14.7 Å². The van der Waals surface area contributed by atoms with Crippen LogP contribution in [0.15, 0.2) is 49.1 Å². The van der Waals surface area contributed by atoms with Gasteiger partial charge in [-0.25, -0.2) is 15.0 Å². The van der Waals surface area contributed by atoms with Gasteiger partial charge in [0.2, 0.25) is 11.9 Å². The Hall–Kier alpha value is -4.15. The first-order valence-electron chi connectivity index (χ1n) is 10.7. The van der Waals surface area contributed by atoms with Crippen LogP contribution >= 0.6 is 0 Å². The number of alkyl halides is 2. The minimum absolute atomic E-state index is 0.0606. The molecule has 0 saturated carbocycles. The third-order valence-electron chi connectivity index (χ3n) is 5.61. The molecule has 9 nitrogen and oxygen atoms in total. The van der Waals surface area contributed by atoms with Gasteiger partial charge in [0.25, 0.3) is 0 Å². The molecule has 0 spiro atoms. The molecule has 0 atom stereocenters. The van der Waals surface area contributed by atoms with Gasteiger partial charge >= 0.3 is 6.61 Å². The fraction of sp³-hybridized carbons (Fsp3) is 0.261. The lowest BCUT2D eigenvalue weighted by Crippen LogP contribution is -2.48. The molecule has 0 unspecified atom stereocenters. The SMILES string of the molecule is Cc1nc2cnc(-c3cnc(N4CCNC(=O)C4)nc3)cn2c1Cc1ccccc1OC(F)F. The van der Waals surface area contributed by atoms with Gasteiger partial charge in [-0.15, -0.1) is 0 Å². The van der Waals surface area contributed by atoms with Crippen molar-refractivity contribution in [2.45, 2.75) is 20.0 Å². The van der Waals surface area contributed by atoms with E-state index in [4.69, 9.17) is 0 Å². The number of nitrogens with zero attached hydrogens (tertiary/aromatic N) is 6. The summed E-state index contributed by atoms with van der Waals surface area (Å²) in [5, 5.41) is 2.77. The minimum Gasteiger partial charge on any atom is -0.435 e. The quantitative estimate of drug-likeness (QED) is 0.468. The first kappa shape index (κ1) is 21.7. The molecule has 1 aliphatic heterocycles. The Morgan fingerprint density at radius 3 is 2.71 bits per heavy atom. The van der Waals surface area contributed by atoms with Crippen LogP contribution < -0.4 is 15.0 Å². The highest BCUT2D eigenvalue weighted by Crippen LogP contribution is 2.26. The number of aromatic nitrogens is 5. The number of amides is 1. The maximum Gasteiger partial charge on any atom is 0.387 e. The molecule has 4 heterocycles. The van der Waals surface area contributed by atoms with E-state index in [9.17, 15) is 13.6 Å². The summed E-state index contributed by atoms with van der Waals surface area (Å²) >= 11 is 0. The van der Waals surface area contributed by atoms with Gasteiger partial charge in [0, 0.05) is 49.2 Å². The first-order chi connectivity index (χ1) is 16.5. The maximum atomic E-state index is 12.8. The van der Waals surface area contributed by atoms with E-state index in [1.54, 1.807) is 36.8 Å². The van der Waals surface area contributed by atoms with E-state index in [0.717, 1.165) is 11.4 Å². The van der Waals surface area contributed by atoms with Gasteiger partial charge in [-0.1, -0.05) is 18.2 Å². The molecule has 4 aromatic rings. The third-order valence-corrected chi connectivity index (χ3v) is 5.61. The standard InChI is InChI=1S/C23H21F2N7O2/c1-14-18(8-15-4-2-3-5-19(15)34-22(24)25)32-12-17(27-11-20(32)30-14)16-9-28-23(29-10-16)31-7-6-26-21(33)13-31/h2-5,9-12,22H,6-8,13H2,1H3,(H,26,33). The van der Waals surface area contributed by atoms with Crippen molar-refractivity contribution in [1.82, 2.24) is 29.7 Å². The Morgan fingerprint density at radius 1 is 1.15 bits per heavy atom. The van der Waals surface area contributed by atoms with E-state index in [1.165, 1.54) is 6.07 Å². The molecular weight excluding hydrogens is 444 g/mol. The molecule has 1 saturated heterocycles. The predicted molar refractivity (Wildman–Crippen MR) is 120 cm³/mol. The van der Waals surface area contributed by atoms with E-state index in [1.807, 2.05) is 22.4 Å². The van der Waals surface area contributed by atoms with E-state index < -0.39 is 6.61 Å². The normalized spacial score (nSPS) is 14.0. The van der Waals surface area contributed by atoms with E-state index in [2.05, 4.69) is 30.0 Å². The van der Waals surface area contributed by atoms with Crippen LogP contribution in [0.5, 0.6) is 5.75 Å². The number of piperazine rings is 1. The number of hydrogen-bond donors (Lipinski definition) is 1. The molecule has 1 aliphatic rings. The number of anilines is 1. The van der Waals surface area contributed by atoms with Gasteiger partial charge in [-0.3, -0.25) is 14.2 Å². The zero-order chi connectivity index (χ0) is 23.7. The number of nitrogens with one attached hydrogen (secondary N) is 1. The number of halogens is 2. The molecule has 1 N–H and O–H groups in total. The molecule has 0 radical (unpaired) electrons. The van der Waals surface area contributed by atoms with Gasteiger partial charge in [-0.2, -0.15) is 8.78 Å². The number of rotatable bonds is 6. The fourth-order valence-corrected chi connectivity index (χ4v) is 3.95. The molecule has 1 amide bonds. The van der Waals surface area contributed by atoms with E-state index in [-0.39, 0.29) is 18.2 Å². The minimum atomic E-state index is -2.90. The van der Waals surface area contributed by atoms with Crippen molar-refractivity contribution in [3.63, 3.8) is 0 Å². The summed E-state index contributed by atoms with van der Waals surface area (Å²) in [4.78, 5) is 31.3. The summed E-state index contributed by atoms with van der Waals surface area (Å²) in [5.41, 5.74) is 4.20. The number of hydrogen-bond acceptors (Lipinski definition) is 7. The van der Waals surface area contributed by atoms with E-state index in [0.29, 0.717) is 47.9 Å². The Kier molecular flexibility index (Phi) is 5.74. The second-order valence-electron chi connectivity index (χ2n) is 7.85. The van der Waals surface area contributed by atoms with Crippen molar-refractivity contribution < 1.29 is 18.3 Å². The summed E-state index contributed by atoms with van der Waals surface area (Å²) < 4.78 is 32.2. The molecular formula is C23H21F2N7O2. The Morgan fingerprint density at radius 2 is 1.94 bits per heavy atom. The molecule has 0 bridgehead atoms. The predicted octanol–water partition coefficient (Wildman–Crippen LogP) is 2.62. The van der Waals surface area contributed by atoms with Crippen molar-refractivity contribution in [1.29, 1.82) is 0 Å². The number of fused-ring (bicyclic) bond motifs is 1. The summed E-state index contributed by atoms with van der Waals surface area (Å²) in [5.74, 6) is 0.556. The van der Waals surface area contributed by atoms with Gasteiger partial charge in [0.05, 0.1) is 29.8 Å². The van der Waals surface area contributed by atoms with Crippen LogP contribution in [0.1, 0.15) is 17.0 Å². The number of ether oxygens (including phenoxy) is 1. The topological polar surface area (TPSA) is 97.5 Å². The third kappa shape index (κ3) is 4.36. The number of imidazole rings is 1. The molecule has 5 rings (SSSR count). The molecule has 1 aromatic carbocycles. The second-order valence-corrected chi connectivity index (χ2v) is 7.85. The molecule has 1 fully saturated rings. The number of carbonyl (C=O) groups excluding carboxylic acids is 1. The van der Waals surface area contributed by atoms with Crippen LogP contribution in [0.25, 0.3) is 16.9 Å². The summed E-state index contributed by atoms with van der Waals surface area (Å²) in [6, 6.07) is 6.72. The van der Waals surface area contributed by atoms with Crippen LogP contribution in [0.3, 0.4) is 0 Å². The number of para-hydroxylation sites is 1. The van der Waals surface area contributed by atoms with Crippen LogP contribution in [0.2, 0.25) is 0 Å². The Balaban J connectivity index is 1.45. The van der Waals surface area contributed by atoms with Crippen molar-refractivity contribution in [2.24, 2.45) is 0 Å². The number of benzene rings is 1. The summed E-state index contributed by atoms with van der Waals surface area (Å²) in [6.07, 6.45) is 7.16. The van der Waals surface area contributed by atoms with Gasteiger partial charge in [0.1, 0.15) is 5.75 Å². The zero-order valence-electron chi connectivity index (χ0n) is 18.3. The lowest BCUT2D eigenvalue weighted by Gasteiger charge is -2.26. The number of aryl methyl sites for hydroxylation is 1. The average molecular weight is 465 g/mol. The molecule has 11 heteroatoms. The highest BCUT2D eigenvalue weighted by Gasteiger charge is 2.19. The largest absolute Gasteiger partial charge is 0.435 e. The Bertz CT molecular complexity index is 1340. The summed E-state index contributed by atoms with van der Waals surface area (Å²) in [7, 11) is 0. The van der Waals surface area contributed by atoms with Gasteiger partial charge < -0.3 is 15.0 Å². The van der Waals surface area contributed by atoms with Gasteiger partial charge in [0.15, 0.2) is 5.65 Å². The average Bonchev–Trinajstić information content (AvgIpc) is 3.14. The van der Waals surface area contributed by atoms with Crippen LogP contribution in [0, 0.1) is 6.92 Å². The maximum absolute atomic E-state index is 12.8. The van der Waals surface area contributed by atoms with Crippen molar-refractivity contribution in [3.05, 3.63) is 66.0 Å². The van der Waals surface area contributed by atoms with Crippen LogP contribution in [-0.2, 0) is 11.2 Å². The zero-order valence-corrected chi connectivity index (χ0v) is 18.3. The van der Waals surface area contributed by atoms with Crippen molar-refractivity contribution >= 4 is 17.5 Å². The van der Waals surface area contributed by atoms with E-state index >= 15 is 0 Å². The van der Waals surface area contributed by atoms with Crippen molar-refractivity contribution in [2.75, 3.05) is 24.5 Å². The number of carbonyl (C=O) groups is 1. The highest BCUT2D eigenvalue weighted by atomic mass is 19.3.